The van der Waals surface area contributed by atoms with Gasteiger partial charge in [0.15, 0.2) is 0 Å². The van der Waals surface area contributed by atoms with Crippen LogP contribution in [-0.4, -0.2) is 46.3 Å². The van der Waals surface area contributed by atoms with E-state index in [1.165, 1.54) is 0 Å². The van der Waals surface area contributed by atoms with Crippen LogP contribution in [0.25, 0.3) is 0 Å². The van der Waals surface area contributed by atoms with Crippen molar-refractivity contribution in [2.45, 2.75) is 19.0 Å². The number of hydrogen-bond donors (Lipinski definition) is 1. The van der Waals surface area contributed by atoms with Crippen LogP contribution in [-0.2, 0) is 11.3 Å². The van der Waals surface area contributed by atoms with E-state index in [0.29, 0.717) is 23.4 Å². The minimum atomic E-state index is 0.207. The Bertz CT molecular complexity index is 417. The molecule has 0 aromatic carbocycles. The first-order valence-corrected chi connectivity index (χ1v) is 6.28. The molecular weight excluding hydrogens is 240 g/mol. The van der Waals surface area contributed by atoms with Gasteiger partial charge in [0, 0.05) is 44.2 Å². The molecule has 1 aromatic heterocycles. The van der Waals surface area contributed by atoms with E-state index in [9.17, 15) is 4.79 Å². The van der Waals surface area contributed by atoms with Crippen molar-refractivity contribution in [1.29, 1.82) is 0 Å². The van der Waals surface area contributed by atoms with E-state index in [1.54, 1.807) is 6.20 Å². The van der Waals surface area contributed by atoms with Gasteiger partial charge in [0.2, 0.25) is 5.91 Å². The summed E-state index contributed by atoms with van der Waals surface area (Å²) in [5.41, 5.74) is 0. The standard InChI is InChI=1S/C11H15ClN4O/c12-9-4-13-16(6-9)2-1-15-5-8-3-11(17)14-10(8)7-15/h4,6,8,10H,1-3,5,7H2,(H,14,17)/t8-,10+/m0/s1. The fourth-order valence-electron chi connectivity index (χ4n) is 2.72. The Labute approximate surface area is 105 Å². The Morgan fingerprint density at radius 1 is 1.47 bits per heavy atom. The molecule has 0 unspecified atom stereocenters. The fourth-order valence-corrected chi connectivity index (χ4v) is 2.88. The molecule has 0 aliphatic carbocycles. The lowest BCUT2D eigenvalue weighted by atomic mass is 10.1. The summed E-state index contributed by atoms with van der Waals surface area (Å²) in [6, 6.07) is 0.365. The van der Waals surface area contributed by atoms with Gasteiger partial charge in [-0.3, -0.25) is 14.4 Å². The number of nitrogens with zero attached hydrogens (tertiary/aromatic N) is 3. The highest BCUT2D eigenvalue weighted by Gasteiger charge is 2.39. The molecular formula is C11H15ClN4O. The van der Waals surface area contributed by atoms with E-state index in [4.69, 9.17) is 11.6 Å². The van der Waals surface area contributed by atoms with Gasteiger partial charge in [0.25, 0.3) is 0 Å². The molecule has 2 aliphatic rings. The number of fused-ring (bicyclic) bond motifs is 1. The summed E-state index contributed by atoms with van der Waals surface area (Å²) in [5.74, 6) is 0.710. The molecule has 1 aromatic rings. The minimum absolute atomic E-state index is 0.207. The van der Waals surface area contributed by atoms with E-state index in [0.717, 1.165) is 26.2 Å². The molecule has 3 rings (SSSR count). The lowest BCUT2D eigenvalue weighted by Gasteiger charge is -2.16. The van der Waals surface area contributed by atoms with E-state index >= 15 is 0 Å². The first kappa shape index (κ1) is 11.0. The molecule has 0 bridgehead atoms. The first-order valence-electron chi connectivity index (χ1n) is 5.90. The highest BCUT2D eigenvalue weighted by Crippen LogP contribution is 2.25. The normalized spacial score (nSPS) is 28.4. The van der Waals surface area contributed by atoms with Crippen LogP contribution >= 0.6 is 11.6 Å². The van der Waals surface area contributed by atoms with Crippen LogP contribution in [0.2, 0.25) is 5.02 Å². The van der Waals surface area contributed by atoms with Crippen molar-refractivity contribution in [2.75, 3.05) is 19.6 Å². The summed E-state index contributed by atoms with van der Waals surface area (Å²) in [6.07, 6.45) is 4.18. The van der Waals surface area contributed by atoms with E-state index < -0.39 is 0 Å². The van der Waals surface area contributed by atoms with Gasteiger partial charge in [-0.1, -0.05) is 11.6 Å². The molecule has 2 aliphatic heterocycles. The van der Waals surface area contributed by atoms with Crippen LogP contribution in [0.1, 0.15) is 6.42 Å². The Kier molecular flexibility index (Phi) is 2.80. The van der Waals surface area contributed by atoms with Crippen molar-refractivity contribution in [3.05, 3.63) is 17.4 Å². The summed E-state index contributed by atoms with van der Waals surface area (Å²) in [5, 5.41) is 7.85. The highest BCUT2D eigenvalue weighted by molar-refractivity contribution is 6.30. The summed E-state index contributed by atoms with van der Waals surface area (Å²) in [7, 11) is 0. The lowest BCUT2D eigenvalue weighted by molar-refractivity contribution is -0.119. The predicted molar refractivity (Wildman–Crippen MR) is 63.7 cm³/mol. The monoisotopic (exact) mass is 254 g/mol. The van der Waals surface area contributed by atoms with Crippen molar-refractivity contribution < 1.29 is 4.79 Å². The van der Waals surface area contributed by atoms with Gasteiger partial charge < -0.3 is 5.32 Å². The topological polar surface area (TPSA) is 50.2 Å². The van der Waals surface area contributed by atoms with Crippen LogP contribution in [0.3, 0.4) is 0 Å². The zero-order chi connectivity index (χ0) is 11.8. The second kappa shape index (κ2) is 4.31. The van der Waals surface area contributed by atoms with Crippen LogP contribution in [0.4, 0.5) is 0 Å². The van der Waals surface area contributed by atoms with Crippen molar-refractivity contribution in [1.82, 2.24) is 20.0 Å². The van der Waals surface area contributed by atoms with Gasteiger partial charge in [-0.15, -0.1) is 0 Å². The first-order chi connectivity index (χ1) is 8.20. The maximum Gasteiger partial charge on any atom is 0.220 e. The molecule has 2 saturated heterocycles. The summed E-state index contributed by atoms with van der Waals surface area (Å²) in [4.78, 5) is 13.6. The van der Waals surface area contributed by atoms with Gasteiger partial charge >= 0.3 is 0 Å². The van der Waals surface area contributed by atoms with Crippen LogP contribution in [0.5, 0.6) is 0 Å². The number of nitrogens with one attached hydrogen (secondary N) is 1. The Morgan fingerprint density at radius 3 is 3.06 bits per heavy atom. The lowest BCUT2D eigenvalue weighted by Crippen LogP contribution is -2.33. The van der Waals surface area contributed by atoms with E-state index in [1.807, 2.05) is 10.9 Å². The van der Waals surface area contributed by atoms with Gasteiger partial charge in [-0.2, -0.15) is 5.10 Å². The molecule has 5 nitrogen and oxygen atoms in total. The van der Waals surface area contributed by atoms with Crippen LogP contribution in [0, 0.1) is 5.92 Å². The third-order valence-electron chi connectivity index (χ3n) is 3.56. The smallest absolute Gasteiger partial charge is 0.220 e. The number of carbonyl (C=O) groups excluding carboxylic acids is 1. The van der Waals surface area contributed by atoms with E-state index in [2.05, 4.69) is 15.3 Å². The molecule has 2 atom stereocenters. The third kappa shape index (κ3) is 2.30. The maximum absolute atomic E-state index is 11.2. The average molecular weight is 255 g/mol. The van der Waals surface area contributed by atoms with Crippen molar-refractivity contribution in [3.63, 3.8) is 0 Å². The van der Waals surface area contributed by atoms with Gasteiger partial charge in [-0.05, 0) is 0 Å². The predicted octanol–water partition coefficient (Wildman–Crippen LogP) is 0.357. The maximum atomic E-state index is 11.2. The zero-order valence-corrected chi connectivity index (χ0v) is 10.2. The number of carbonyl (C=O) groups is 1. The molecule has 3 heterocycles. The SMILES string of the molecule is O=C1C[C@H]2CN(CCn3cc(Cl)cn3)C[C@H]2N1. The largest absolute Gasteiger partial charge is 0.352 e. The van der Waals surface area contributed by atoms with Crippen molar-refractivity contribution in [3.8, 4) is 0 Å². The molecule has 0 spiro atoms. The molecule has 17 heavy (non-hydrogen) atoms. The fraction of sp³-hybridized carbons (Fsp3) is 0.636. The molecule has 6 heteroatoms. The molecule has 92 valence electrons. The molecule has 0 saturated carbocycles. The second-order valence-corrected chi connectivity index (χ2v) is 5.26. The number of amides is 1. The number of hydrogen-bond acceptors (Lipinski definition) is 3. The average Bonchev–Trinajstić information content (AvgIpc) is 2.89. The summed E-state index contributed by atoms with van der Waals surface area (Å²) < 4.78 is 1.86. The number of likely N-dealkylation sites (tertiary alicyclic amines) is 1. The van der Waals surface area contributed by atoms with Gasteiger partial charge in [0.05, 0.1) is 17.8 Å². The van der Waals surface area contributed by atoms with E-state index in [-0.39, 0.29) is 5.91 Å². The van der Waals surface area contributed by atoms with Gasteiger partial charge in [-0.25, -0.2) is 0 Å². The van der Waals surface area contributed by atoms with Gasteiger partial charge in [0.1, 0.15) is 0 Å². The quantitative estimate of drug-likeness (QED) is 0.847. The van der Waals surface area contributed by atoms with Crippen LogP contribution in [0.15, 0.2) is 12.4 Å². The Hall–Kier alpha value is -1.07. The summed E-state index contributed by atoms with van der Waals surface area (Å²) in [6.45, 7) is 3.78. The van der Waals surface area contributed by atoms with Crippen molar-refractivity contribution in [2.24, 2.45) is 5.92 Å². The zero-order valence-electron chi connectivity index (χ0n) is 9.47. The molecule has 0 radical (unpaired) electrons. The number of rotatable bonds is 3. The highest BCUT2D eigenvalue weighted by atomic mass is 35.5. The number of halogens is 1. The Balaban J connectivity index is 1.50. The third-order valence-corrected chi connectivity index (χ3v) is 3.75. The van der Waals surface area contributed by atoms with Crippen LogP contribution < -0.4 is 5.32 Å². The Morgan fingerprint density at radius 2 is 2.35 bits per heavy atom. The summed E-state index contributed by atoms with van der Waals surface area (Å²) >= 11 is 5.81. The molecule has 1 amide bonds. The number of aromatic nitrogens is 2. The molecule has 2 fully saturated rings. The minimum Gasteiger partial charge on any atom is -0.352 e. The van der Waals surface area contributed by atoms with Crippen molar-refractivity contribution >= 4 is 17.5 Å². The molecule has 1 N–H and O–H groups in total. The second-order valence-electron chi connectivity index (χ2n) is 4.82.